The van der Waals surface area contributed by atoms with Crippen LogP contribution in [-0.2, 0) is 4.79 Å². The molecule has 0 aliphatic heterocycles. The van der Waals surface area contributed by atoms with E-state index in [1.54, 1.807) is 19.0 Å². The maximum Gasteiger partial charge on any atom is 0.240 e. The van der Waals surface area contributed by atoms with Gasteiger partial charge in [-0.1, -0.05) is 25.3 Å². The minimum atomic E-state index is -0.858. The molecule has 0 bridgehead atoms. The summed E-state index contributed by atoms with van der Waals surface area (Å²) in [5, 5.41) is 2.79. The van der Waals surface area contributed by atoms with E-state index in [0.29, 0.717) is 12.8 Å². The van der Waals surface area contributed by atoms with Crippen molar-refractivity contribution in [1.29, 1.82) is 0 Å². The molecule has 1 aromatic carbocycles. The Kier molecular flexibility index (Phi) is 5.70. The number of hydrogen-bond donors (Lipinski definition) is 2. The van der Waals surface area contributed by atoms with E-state index in [0.717, 1.165) is 19.3 Å². The number of nitrogens with zero attached hydrogens (tertiary/aromatic N) is 1. The molecule has 2 rings (SSSR count). The molecule has 0 saturated heterocycles. The number of rotatable bonds is 5. The van der Waals surface area contributed by atoms with E-state index >= 15 is 0 Å². The molecule has 1 fully saturated rings. The molecule has 0 radical (unpaired) electrons. The summed E-state index contributed by atoms with van der Waals surface area (Å²) in [6.45, 7) is 0.114. The third-order valence-electron chi connectivity index (χ3n) is 4.61. The summed E-state index contributed by atoms with van der Waals surface area (Å²) < 4.78 is 28.0. The van der Waals surface area contributed by atoms with E-state index in [1.165, 1.54) is 18.2 Å². The van der Waals surface area contributed by atoms with Crippen molar-refractivity contribution in [3.8, 4) is 0 Å². The van der Waals surface area contributed by atoms with Crippen LogP contribution in [0.5, 0.6) is 0 Å². The first-order chi connectivity index (χ1) is 10.8. The van der Waals surface area contributed by atoms with Gasteiger partial charge in [0.25, 0.3) is 0 Å². The molecule has 1 saturated carbocycles. The Morgan fingerprint density at radius 3 is 2.35 bits per heavy atom. The molecule has 4 nitrogen and oxygen atoms in total. The standard InChI is InChI=1S/C17H25F2N3O/c1-22(2)14(15-12(18)7-6-8-13(15)19)11-21-16(23)17(20)9-4-3-5-10-17/h6-8,14H,3-5,9-11,20H2,1-2H3,(H,21,23). The van der Waals surface area contributed by atoms with Crippen molar-refractivity contribution in [3.63, 3.8) is 0 Å². The lowest BCUT2D eigenvalue weighted by Gasteiger charge is -2.33. The molecular weight excluding hydrogens is 300 g/mol. The second kappa shape index (κ2) is 7.36. The number of hydrogen-bond acceptors (Lipinski definition) is 3. The Morgan fingerprint density at radius 1 is 1.26 bits per heavy atom. The quantitative estimate of drug-likeness (QED) is 0.874. The molecule has 0 spiro atoms. The SMILES string of the molecule is CN(C)C(CNC(=O)C1(N)CCCCC1)c1c(F)cccc1F. The van der Waals surface area contributed by atoms with Gasteiger partial charge in [0.15, 0.2) is 0 Å². The van der Waals surface area contributed by atoms with E-state index < -0.39 is 23.2 Å². The molecular formula is C17H25F2N3O. The van der Waals surface area contributed by atoms with E-state index in [1.807, 2.05) is 0 Å². The second-order valence-corrected chi connectivity index (χ2v) is 6.54. The van der Waals surface area contributed by atoms with Gasteiger partial charge in [0.1, 0.15) is 11.6 Å². The molecule has 3 N–H and O–H groups in total. The van der Waals surface area contributed by atoms with Crippen molar-refractivity contribution in [2.75, 3.05) is 20.6 Å². The lowest BCUT2D eigenvalue weighted by Crippen LogP contribution is -2.56. The summed E-state index contributed by atoms with van der Waals surface area (Å²) in [4.78, 5) is 14.1. The third kappa shape index (κ3) is 4.06. The summed E-state index contributed by atoms with van der Waals surface area (Å²) in [5.74, 6) is -1.46. The van der Waals surface area contributed by atoms with Crippen LogP contribution in [0.2, 0.25) is 0 Å². The highest BCUT2D eigenvalue weighted by atomic mass is 19.1. The van der Waals surface area contributed by atoms with Gasteiger partial charge in [0, 0.05) is 12.1 Å². The summed E-state index contributed by atoms with van der Waals surface area (Å²) in [6.07, 6.45) is 4.26. The van der Waals surface area contributed by atoms with Gasteiger partial charge in [0.05, 0.1) is 11.6 Å². The van der Waals surface area contributed by atoms with Crippen molar-refractivity contribution in [3.05, 3.63) is 35.4 Å². The first kappa shape index (κ1) is 17.8. The summed E-state index contributed by atoms with van der Waals surface area (Å²) in [5.41, 5.74) is 5.30. The zero-order valence-electron chi connectivity index (χ0n) is 13.7. The van der Waals surface area contributed by atoms with Gasteiger partial charge in [-0.3, -0.25) is 4.79 Å². The Balaban J connectivity index is 2.10. The van der Waals surface area contributed by atoms with Gasteiger partial charge in [-0.05, 0) is 39.1 Å². The lowest BCUT2D eigenvalue weighted by molar-refractivity contribution is -0.127. The van der Waals surface area contributed by atoms with Gasteiger partial charge in [0.2, 0.25) is 5.91 Å². The number of carbonyl (C=O) groups is 1. The number of amides is 1. The lowest BCUT2D eigenvalue weighted by atomic mass is 9.82. The molecule has 0 heterocycles. The Morgan fingerprint density at radius 2 is 1.83 bits per heavy atom. The number of carbonyl (C=O) groups excluding carboxylic acids is 1. The molecule has 1 atom stereocenters. The average molecular weight is 325 g/mol. The second-order valence-electron chi connectivity index (χ2n) is 6.54. The Bertz CT molecular complexity index is 537. The summed E-state index contributed by atoms with van der Waals surface area (Å²) >= 11 is 0. The maximum atomic E-state index is 14.0. The van der Waals surface area contributed by atoms with Crippen LogP contribution in [0.4, 0.5) is 8.78 Å². The maximum absolute atomic E-state index is 14.0. The number of halogens is 2. The molecule has 1 unspecified atom stereocenters. The van der Waals surface area contributed by atoms with Crippen LogP contribution in [0, 0.1) is 11.6 Å². The zero-order chi connectivity index (χ0) is 17.0. The highest BCUT2D eigenvalue weighted by molar-refractivity contribution is 5.86. The summed E-state index contributed by atoms with van der Waals surface area (Å²) in [7, 11) is 3.45. The fraction of sp³-hybridized carbons (Fsp3) is 0.588. The van der Waals surface area contributed by atoms with E-state index in [9.17, 15) is 13.6 Å². The van der Waals surface area contributed by atoms with Crippen molar-refractivity contribution in [1.82, 2.24) is 10.2 Å². The van der Waals surface area contributed by atoms with Gasteiger partial charge >= 0.3 is 0 Å². The van der Waals surface area contributed by atoms with Crippen molar-refractivity contribution in [2.24, 2.45) is 5.73 Å². The van der Waals surface area contributed by atoms with Crippen LogP contribution in [0.3, 0.4) is 0 Å². The normalized spacial score (nSPS) is 18.7. The average Bonchev–Trinajstić information content (AvgIpc) is 2.50. The first-order valence-electron chi connectivity index (χ1n) is 8.02. The highest BCUT2D eigenvalue weighted by Gasteiger charge is 2.35. The van der Waals surface area contributed by atoms with Crippen molar-refractivity contribution >= 4 is 5.91 Å². The zero-order valence-corrected chi connectivity index (χ0v) is 13.7. The van der Waals surface area contributed by atoms with Crippen LogP contribution >= 0.6 is 0 Å². The first-order valence-corrected chi connectivity index (χ1v) is 8.02. The third-order valence-corrected chi connectivity index (χ3v) is 4.61. The number of nitrogens with two attached hydrogens (primary N) is 1. The number of nitrogens with one attached hydrogen (secondary N) is 1. The topological polar surface area (TPSA) is 58.4 Å². The minimum Gasteiger partial charge on any atom is -0.353 e. The predicted molar refractivity (Wildman–Crippen MR) is 85.8 cm³/mol. The van der Waals surface area contributed by atoms with Crippen molar-refractivity contribution in [2.45, 2.75) is 43.7 Å². The predicted octanol–water partition coefficient (Wildman–Crippen LogP) is 2.35. The fourth-order valence-electron chi connectivity index (χ4n) is 3.15. The largest absolute Gasteiger partial charge is 0.353 e. The monoisotopic (exact) mass is 325 g/mol. The van der Waals surface area contributed by atoms with Crippen LogP contribution in [0.15, 0.2) is 18.2 Å². The molecule has 1 amide bonds. The smallest absolute Gasteiger partial charge is 0.240 e. The molecule has 0 aromatic heterocycles. The molecule has 1 aliphatic rings. The van der Waals surface area contributed by atoms with Crippen LogP contribution in [0.25, 0.3) is 0 Å². The number of likely N-dealkylation sites (N-methyl/N-ethyl adjacent to an activating group) is 1. The Labute approximate surface area is 136 Å². The van der Waals surface area contributed by atoms with Gasteiger partial charge in [-0.25, -0.2) is 8.78 Å². The van der Waals surface area contributed by atoms with Crippen LogP contribution in [0.1, 0.15) is 43.7 Å². The molecule has 1 aromatic rings. The summed E-state index contributed by atoms with van der Waals surface area (Å²) in [6, 6.07) is 3.19. The molecule has 23 heavy (non-hydrogen) atoms. The Hall–Kier alpha value is -1.53. The molecule has 6 heteroatoms. The number of benzene rings is 1. The van der Waals surface area contributed by atoms with Crippen LogP contribution < -0.4 is 11.1 Å². The van der Waals surface area contributed by atoms with E-state index in [2.05, 4.69) is 5.32 Å². The van der Waals surface area contributed by atoms with Crippen LogP contribution in [-0.4, -0.2) is 37.0 Å². The van der Waals surface area contributed by atoms with Gasteiger partial charge in [-0.15, -0.1) is 0 Å². The van der Waals surface area contributed by atoms with E-state index in [4.69, 9.17) is 5.73 Å². The molecule has 128 valence electrons. The van der Waals surface area contributed by atoms with Crippen molar-refractivity contribution < 1.29 is 13.6 Å². The molecule has 1 aliphatic carbocycles. The fourth-order valence-corrected chi connectivity index (χ4v) is 3.15. The van der Waals surface area contributed by atoms with Gasteiger partial charge < -0.3 is 16.0 Å². The minimum absolute atomic E-state index is 0.0347. The van der Waals surface area contributed by atoms with E-state index in [-0.39, 0.29) is 18.0 Å². The highest BCUT2D eigenvalue weighted by Crippen LogP contribution is 2.27. The van der Waals surface area contributed by atoms with Gasteiger partial charge in [-0.2, -0.15) is 0 Å².